The zero-order valence-electron chi connectivity index (χ0n) is 13.9. The Morgan fingerprint density at radius 3 is 2.04 bits per heavy atom. The van der Waals surface area contributed by atoms with Crippen molar-refractivity contribution in [2.45, 2.75) is 4.58 Å². The molecule has 1 unspecified atom stereocenters. The molecule has 0 aliphatic carbocycles. The van der Waals surface area contributed by atoms with Crippen LogP contribution in [-0.2, 0) is 0 Å². The van der Waals surface area contributed by atoms with Crippen LogP contribution in [0.25, 0.3) is 0 Å². The summed E-state index contributed by atoms with van der Waals surface area (Å²) in [5.74, 6) is -0.613. The highest BCUT2D eigenvalue weighted by atomic mass is 32.2. The van der Waals surface area contributed by atoms with Gasteiger partial charge in [0.1, 0.15) is 11.7 Å². The number of ketones is 2. The Morgan fingerprint density at radius 1 is 0.875 bits per heavy atom. The summed E-state index contributed by atoms with van der Waals surface area (Å²) in [5, 5.41) is 0. The molecule has 2 rings (SSSR count). The zero-order valence-corrected chi connectivity index (χ0v) is 15.5. The van der Waals surface area contributed by atoms with Crippen molar-refractivity contribution in [3.63, 3.8) is 0 Å². The number of carbonyl (C=O) groups is 2. The summed E-state index contributed by atoms with van der Waals surface area (Å²) >= 11 is 3.04. The Kier molecular flexibility index (Phi) is 6.94. The molecular weight excluding hydrogens is 340 g/mol. The molecule has 2 aromatic rings. The van der Waals surface area contributed by atoms with Crippen LogP contribution in [0.5, 0.6) is 5.75 Å². The van der Waals surface area contributed by atoms with Crippen molar-refractivity contribution in [1.82, 2.24) is 0 Å². The number of hydrogen-bond donors (Lipinski definition) is 0. The minimum Gasteiger partial charge on any atom is -0.496 e. The van der Waals surface area contributed by atoms with Crippen LogP contribution >= 0.6 is 23.5 Å². The second kappa shape index (κ2) is 8.94. The number of methoxy groups -OCH3 is 1. The highest BCUT2D eigenvalue weighted by Crippen LogP contribution is 2.34. The van der Waals surface area contributed by atoms with Gasteiger partial charge in [0, 0.05) is 5.56 Å². The summed E-state index contributed by atoms with van der Waals surface area (Å²) in [5.41, 5.74) is 1.00. The van der Waals surface area contributed by atoms with Crippen LogP contribution in [0, 0.1) is 5.92 Å². The number of thioether (sulfide) groups is 2. The second-order valence-corrected chi connectivity index (χ2v) is 7.37. The fourth-order valence-electron chi connectivity index (χ4n) is 2.53. The van der Waals surface area contributed by atoms with E-state index < -0.39 is 5.92 Å². The largest absolute Gasteiger partial charge is 0.496 e. The van der Waals surface area contributed by atoms with E-state index in [1.807, 2.05) is 36.8 Å². The van der Waals surface area contributed by atoms with Gasteiger partial charge in [0.15, 0.2) is 11.6 Å². The van der Waals surface area contributed by atoms with Crippen LogP contribution in [-0.4, -0.2) is 35.8 Å². The molecule has 0 bridgehead atoms. The third-order valence-electron chi connectivity index (χ3n) is 3.73. The summed E-state index contributed by atoms with van der Waals surface area (Å²) in [6, 6.07) is 16.0. The summed E-state index contributed by atoms with van der Waals surface area (Å²) in [6.45, 7) is 0. The van der Waals surface area contributed by atoms with E-state index in [0.29, 0.717) is 16.9 Å². The van der Waals surface area contributed by atoms with E-state index in [1.54, 1.807) is 30.3 Å². The molecule has 0 aromatic heterocycles. The molecule has 0 aliphatic rings. The van der Waals surface area contributed by atoms with Gasteiger partial charge in [0.25, 0.3) is 0 Å². The lowest BCUT2D eigenvalue weighted by Gasteiger charge is -2.23. The van der Waals surface area contributed by atoms with E-state index in [2.05, 4.69) is 0 Å². The normalized spacial score (nSPS) is 12.0. The number of ether oxygens (including phenoxy) is 1. The predicted molar refractivity (Wildman–Crippen MR) is 102 cm³/mol. The lowest BCUT2D eigenvalue weighted by atomic mass is 9.91. The molecule has 0 aliphatic heterocycles. The van der Waals surface area contributed by atoms with Crippen LogP contribution in [0.2, 0.25) is 0 Å². The van der Waals surface area contributed by atoms with Crippen LogP contribution in [0.3, 0.4) is 0 Å². The van der Waals surface area contributed by atoms with E-state index in [-0.39, 0.29) is 16.1 Å². The lowest BCUT2D eigenvalue weighted by Crippen LogP contribution is -2.32. The Bertz CT molecular complexity index is 697. The molecule has 1 atom stereocenters. The maximum atomic E-state index is 13.2. The Morgan fingerprint density at radius 2 is 1.46 bits per heavy atom. The Hall–Kier alpha value is -1.72. The highest BCUT2D eigenvalue weighted by Gasteiger charge is 2.36. The summed E-state index contributed by atoms with van der Waals surface area (Å²) < 4.78 is 5.15. The average molecular weight is 361 g/mol. The molecule has 0 amide bonds. The van der Waals surface area contributed by atoms with Gasteiger partial charge in [-0.1, -0.05) is 42.5 Å². The standard InChI is InChI=1S/C19H20O3S2/c1-22-15-12-8-7-11-14(15)18(21)16(19(23-2)24-3)17(20)13-9-5-4-6-10-13/h4-12,16,19H,1-3H3. The van der Waals surface area contributed by atoms with E-state index in [1.165, 1.54) is 30.6 Å². The van der Waals surface area contributed by atoms with Crippen LogP contribution < -0.4 is 4.74 Å². The van der Waals surface area contributed by atoms with Crippen molar-refractivity contribution < 1.29 is 14.3 Å². The fraction of sp³-hybridized carbons (Fsp3) is 0.263. The first kappa shape index (κ1) is 18.6. The van der Waals surface area contributed by atoms with Crippen LogP contribution in [0.15, 0.2) is 54.6 Å². The van der Waals surface area contributed by atoms with Gasteiger partial charge in [-0.25, -0.2) is 0 Å². The fourth-order valence-corrected chi connectivity index (χ4v) is 4.34. The van der Waals surface area contributed by atoms with Gasteiger partial charge in [-0.05, 0) is 24.6 Å². The number of rotatable bonds is 8. The van der Waals surface area contributed by atoms with Gasteiger partial charge in [0.05, 0.1) is 17.3 Å². The van der Waals surface area contributed by atoms with Crippen molar-refractivity contribution in [1.29, 1.82) is 0 Å². The molecule has 0 heterocycles. The minimum atomic E-state index is -0.756. The molecule has 0 radical (unpaired) electrons. The van der Waals surface area contributed by atoms with Gasteiger partial charge in [0.2, 0.25) is 0 Å². The molecule has 0 saturated heterocycles. The lowest BCUT2D eigenvalue weighted by molar-refractivity contribution is 0.0817. The Labute approximate surface area is 151 Å². The number of hydrogen-bond acceptors (Lipinski definition) is 5. The predicted octanol–water partition coefficient (Wildman–Crippen LogP) is 4.43. The smallest absolute Gasteiger partial charge is 0.179 e. The molecule has 3 nitrogen and oxygen atoms in total. The first-order chi connectivity index (χ1) is 11.6. The summed E-state index contributed by atoms with van der Waals surface area (Å²) in [6.07, 6.45) is 3.84. The third-order valence-corrected chi connectivity index (χ3v) is 6.36. The SMILES string of the molecule is COc1ccccc1C(=O)C(C(=O)c1ccccc1)C(SC)SC. The molecule has 0 fully saturated rings. The van der Waals surface area contributed by atoms with Gasteiger partial charge < -0.3 is 4.74 Å². The first-order valence-corrected chi connectivity index (χ1v) is 10.0. The topological polar surface area (TPSA) is 43.4 Å². The van der Waals surface area contributed by atoms with Crippen LogP contribution in [0.4, 0.5) is 0 Å². The van der Waals surface area contributed by atoms with Crippen molar-refractivity contribution in [2.75, 3.05) is 19.6 Å². The van der Waals surface area contributed by atoms with Crippen molar-refractivity contribution in [3.8, 4) is 5.75 Å². The molecular formula is C19H20O3S2. The number of carbonyl (C=O) groups excluding carboxylic acids is 2. The van der Waals surface area contributed by atoms with E-state index in [0.717, 1.165) is 0 Å². The zero-order chi connectivity index (χ0) is 17.5. The molecule has 126 valence electrons. The van der Waals surface area contributed by atoms with E-state index in [9.17, 15) is 9.59 Å². The number of Topliss-reactive ketones (excluding diaryl/α,β-unsaturated/α-hetero) is 2. The Balaban J connectivity index is 2.46. The molecule has 5 heteroatoms. The van der Waals surface area contributed by atoms with Crippen molar-refractivity contribution >= 4 is 35.1 Å². The molecule has 2 aromatic carbocycles. The summed E-state index contributed by atoms with van der Waals surface area (Å²) in [7, 11) is 1.53. The second-order valence-electron chi connectivity index (χ2n) is 5.11. The van der Waals surface area contributed by atoms with E-state index in [4.69, 9.17) is 4.74 Å². The quantitative estimate of drug-likeness (QED) is 0.396. The average Bonchev–Trinajstić information content (AvgIpc) is 2.65. The third kappa shape index (κ3) is 4.02. The molecule has 0 spiro atoms. The first-order valence-electron chi connectivity index (χ1n) is 7.46. The van der Waals surface area contributed by atoms with Crippen molar-refractivity contribution in [2.24, 2.45) is 5.92 Å². The maximum Gasteiger partial charge on any atom is 0.179 e. The van der Waals surface area contributed by atoms with Crippen LogP contribution in [0.1, 0.15) is 20.7 Å². The molecule has 0 N–H and O–H groups in total. The van der Waals surface area contributed by atoms with Gasteiger partial charge in [-0.3, -0.25) is 9.59 Å². The van der Waals surface area contributed by atoms with Gasteiger partial charge in [-0.2, -0.15) is 0 Å². The minimum absolute atomic E-state index is 0.153. The van der Waals surface area contributed by atoms with Gasteiger partial charge in [-0.15, -0.1) is 23.5 Å². The number of benzene rings is 2. The van der Waals surface area contributed by atoms with Crippen molar-refractivity contribution in [3.05, 3.63) is 65.7 Å². The molecule has 0 saturated carbocycles. The maximum absolute atomic E-state index is 13.2. The summed E-state index contributed by atoms with van der Waals surface area (Å²) in [4.78, 5) is 26.2. The highest BCUT2D eigenvalue weighted by molar-refractivity contribution is 8.16. The monoisotopic (exact) mass is 360 g/mol. The number of para-hydroxylation sites is 1. The van der Waals surface area contributed by atoms with Gasteiger partial charge >= 0.3 is 0 Å². The molecule has 24 heavy (non-hydrogen) atoms. The van der Waals surface area contributed by atoms with E-state index >= 15 is 0 Å².